The summed E-state index contributed by atoms with van der Waals surface area (Å²) >= 11 is 0. The first-order valence-corrected chi connectivity index (χ1v) is 5.44. The van der Waals surface area contributed by atoms with Crippen molar-refractivity contribution >= 4 is 6.09 Å². The molecule has 1 fully saturated rings. The first-order valence-electron chi connectivity index (χ1n) is 5.44. The number of β-amino-alcohol motifs (C(OH)–C–C–N with tert-alkyl or cyclic N) is 1. The monoisotopic (exact) mass is 215 g/mol. The van der Waals surface area contributed by atoms with Crippen LogP contribution in [0.2, 0.25) is 0 Å². The smallest absolute Gasteiger partial charge is 0.410 e. The number of hydrogen-bond acceptors (Lipinski definition) is 3. The first-order chi connectivity index (χ1) is 6.78. The van der Waals surface area contributed by atoms with E-state index in [0.717, 1.165) is 6.42 Å². The summed E-state index contributed by atoms with van der Waals surface area (Å²) in [5.41, 5.74) is -0.470. The lowest BCUT2D eigenvalue weighted by Crippen LogP contribution is -2.47. The standard InChI is InChI=1S/C11H21NO3/c1-8-5-9(13)7-12(6-8)10(14)15-11(2,3)4/h8-9,13H,5-7H2,1-4H3/t8-,9-/m1/s1. The highest BCUT2D eigenvalue weighted by atomic mass is 16.6. The zero-order chi connectivity index (χ0) is 11.6. The van der Waals surface area contributed by atoms with Crippen LogP contribution in [0.4, 0.5) is 4.79 Å². The van der Waals surface area contributed by atoms with E-state index in [4.69, 9.17) is 4.74 Å². The van der Waals surface area contributed by atoms with Crippen molar-refractivity contribution < 1.29 is 14.6 Å². The van der Waals surface area contributed by atoms with E-state index >= 15 is 0 Å². The molecule has 1 N–H and O–H groups in total. The van der Waals surface area contributed by atoms with Crippen molar-refractivity contribution in [1.29, 1.82) is 0 Å². The Morgan fingerprint density at radius 3 is 2.47 bits per heavy atom. The molecule has 2 atom stereocenters. The zero-order valence-electron chi connectivity index (χ0n) is 9.99. The largest absolute Gasteiger partial charge is 0.444 e. The van der Waals surface area contributed by atoms with E-state index in [1.165, 1.54) is 0 Å². The summed E-state index contributed by atoms with van der Waals surface area (Å²) in [6.07, 6.45) is 0.0219. The molecule has 1 aliphatic heterocycles. The van der Waals surface area contributed by atoms with Gasteiger partial charge in [-0.2, -0.15) is 0 Å². The van der Waals surface area contributed by atoms with Gasteiger partial charge in [0.1, 0.15) is 5.60 Å². The SMILES string of the molecule is C[C@@H]1C[C@@H](O)CN(C(=O)OC(C)(C)C)C1. The average molecular weight is 215 g/mol. The minimum Gasteiger partial charge on any atom is -0.444 e. The van der Waals surface area contributed by atoms with Gasteiger partial charge >= 0.3 is 6.09 Å². The molecule has 0 unspecified atom stereocenters. The molecule has 1 amide bonds. The summed E-state index contributed by atoms with van der Waals surface area (Å²) in [5.74, 6) is 0.335. The molecule has 0 spiro atoms. The van der Waals surface area contributed by atoms with Crippen molar-refractivity contribution in [3.63, 3.8) is 0 Å². The van der Waals surface area contributed by atoms with Crippen molar-refractivity contribution in [3.8, 4) is 0 Å². The van der Waals surface area contributed by atoms with E-state index in [9.17, 15) is 9.90 Å². The Hall–Kier alpha value is -0.770. The fourth-order valence-electron chi connectivity index (χ4n) is 1.79. The molecule has 1 rings (SSSR count). The number of carbonyl (C=O) groups is 1. The molecule has 1 saturated heterocycles. The zero-order valence-corrected chi connectivity index (χ0v) is 9.99. The molecule has 15 heavy (non-hydrogen) atoms. The van der Waals surface area contributed by atoms with Gasteiger partial charge in [-0.25, -0.2) is 4.79 Å². The van der Waals surface area contributed by atoms with Crippen LogP contribution in [0.5, 0.6) is 0 Å². The van der Waals surface area contributed by atoms with Crippen LogP contribution in [0.15, 0.2) is 0 Å². The summed E-state index contributed by atoms with van der Waals surface area (Å²) < 4.78 is 5.25. The Labute approximate surface area is 91.2 Å². The van der Waals surface area contributed by atoms with Crippen molar-refractivity contribution in [2.75, 3.05) is 13.1 Å². The molecule has 4 heteroatoms. The first kappa shape index (κ1) is 12.3. The molecular weight excluding hydrogens is 194 g/mol. The molecule has 0 aromatic rings. The summed E-state index contributed by atoms with van der Waals surface area (Å²) in [4.78, 5) is 13.3. The van der Waals surface area contributed by atoms with Crippen LogP contribution in [0.1, 0.15) is 34.1 Å². The van der Waals surface area contributed by atoms with Crippen LogP contribution < -0.4 is 0 Å². The Bertz CT molecular complexity index is 224. The summed E-state index contributed by atoms with van der Waals surface area (Å²) in [7, 11) is 0. The van der Waals surface area contributed by atoms with Gasteiger partial charge in [0, 0.05) is 13.1 Å². The summed E-state index contributed by atoms with van der Waals surface area (Å²) in [5, 5.41) is 9.55. The second-order valence-electron chi connectivity index (χ2n) is 5.38. The molecule has 4 nitrogen and oxygen atoms in total. The number of aliphatic hydroxyl groups is 1. The van der Waals surface area contributed by atoms with Crippen LogP contribution in [-0.4, -0.2) is 40.9 Å². The molecule has 1 heterocycles. The topological polar surface area (TPSA) is 49.8 Å². The van der Waals surface area contributed by atoms with Gasteiger partial charge in [-0.15, -0.1) is 0 Å². The summed E-state index contributed by atoms with van der Waals surface area (Å²) in [6, 6.07) is 0. The van der Waals surface area contributed by atoms with E-state index in [1.807, 2.05) is 27.7 Å². The van der Waals surface area contributed by atoms with Crippen molar-refractivity contribution in [2.45, 2.75) is 45.8 Å². The Morgan fingerprint density at radius 1 is 1.40 bits per heavy atom. The van der Waals surface area contributed by atoms with Gasteiger partial charge in [0.05, 0.1) is 6.10 Å². The van der Waals surface area contributed by atoms with Crippen molar-refractivity contribution in [3.05, 3.63) is 0 Å². The number of piperidine rings is 1. The predicted octanol–water partition coefficient (Wildman–Crippen LogP) is 1.62. The van der Waals surface area contributed by atoms with Gasteiger partial charge < -0.3 is 14.7 Å². The van der Waals surface area contributed by atoms with Crippen LogP contribution in [0.25, 0.3) is 0 Å². The number of likely N-dealkylation sites (tertiary alicyclic amines) is 1. The average Bonchev–Trinajstić information content (AvgIpc) is 1.98. The number of hydrogen-bond donors (Lipinski definition) is 1. The molecular formula is C11H21NO3. The van der Waals surface area contributed by atoms with Gasteiger partial charge in [-0.3, -0.25) is 0 Å². The third-order valence-electron chi connectivity index (χ3n) is 2.29. The molecule has 0 aliphatic carbocycles. The third kappa shape index (κ3) is 4.08. The van der Waals surface area contributed by atoms with E-state index in [-0.39, 0.29) is 6.09 Å². The normalized spacial score (nSPS) is 27.7. The van der Waals surface area contributed by atoms with Gasteiger partial charge in [0.2, 0.25) is 0 Å². The molecule has 1 aliphatic rings. The lowest BCUT2D eigenvalue weighted by Gasteiger charge is -2.35. The van der Waals surface area contributed by atoms with Crippen molar-refractivity contribution in [2.24, 2.45) is 5.92 Å². The minimum atomic E-state index is -0.470. The lowest BCUT2D eigenvalue weighted by molar-refractivity contribution is -0.00539. The predicted molar refractivity (Wildman–Crippen MR) is 57.6 cm³/mol. The van der Waals surface area contributed by atoms with Crippen LogP contribution in [-0.2, 0) is 4.74 Å². The quantitative estimate of drug-likeness (QED) is 0.668. The van der Waals surface area contributed by atoms with E-state index < -0.39 is 11.7 Å². The maximum atomic E-state index is 11.7. The number of amides is 1. The highest BCUT2D eigenvalue weighted by molar-refractivity contribution is 5.68. The molecule has 0 radical (unpaired) electrons. The number of nitrogens with zero attached hydrogens (tertiary/aromatic N) is 1. The Morgan fingerprint density at radius 2 is 2.00 bits per heavy atom. The summed E-state index contributed by atoms with van der Waals surface area (Å²) in [6.45, 7) is 8.61. The Kier molecular flexibility index (Phi) is 3.60. The second-order valence-corrected chi connectivity index (χ2v) is 5.38. The van der Waals surface area contributed by atoms with Gasteiger partial charge in [0.15, 0.2) is 0 Å². The lowest BCUT2D eigenvalue weighted by atomic mass is 9.98. The molecule has 0 aromatic heterocycles. The van der Waals surface area contributed by atoms with Gasteiger partial charge in [0.25, 0.3) is 0 Å². The van der Waals surface area contributed by atoms with Crippen molar-refractivity contribution in [1.82, 2.24) is 4.90 Å². The number of aliphatic hydroxyl groups excluding tert-OH is 1. The maximum absolute atomic E-state index is 11.7. The van der Waals surface area contributed by atoms with Gasteiger partial charge in [-0.05, 0) is 33.1 Å². The van der Waals surface area contributed by atoms with Crippen LogP contribution in [0.3, 0.4) is 0 Å². The Balaban J connectivity index is 2.52. The molecule has 0 saturated carbocycles. The fraction of sp³-hybridized carbons (Fsp3) is 0.909. The van der Waals surface area contributed by atoms with E-state index in [0.29, 0.717) is 19.0 Å². The number of carbonyl (C=O) groups excluding carboxylic acids is 1. The molecule has 0 aromatic carbocycles. The minimum absolute atomic E-state index is 0.326. The van der Waals surface area contributed by atoms with Crippen LogP contribution >= 0.6 is 0 Å². The fourth-order valence-corrected chi connectivity index (χ4v) is 1.79. The van der Waals surface area contributed by atoms with Crippen LogP contribution in [0, 0.1) is 5.92 Å². The number of rotatable bonds is 0. The molecule has 88 valence electrons. The number of ether oxygens (including phenoxy) is 1. The maximum Gasteiger partial charge on any atom is 0.410 e. The third-order valence-corrected chi connectivity index (χ3v) is 2.29. The van der Waals surface area contributed by atoms with E-state index in [1.54, 1.807) is 4.90 Å². The molecule has 0 bridgehead atoms. The van der Waals surface area contributed by atoms with E-state index in [2.05, 4.69) is 0 Å². The second kappa shape index (κ2) is 4.39. The highest BCUT2D eigenvalue weighted by Gasteiger charge is 2.29. The highest BCUT2D eigenvalue weighted by Crippen LogP contribution is 2.18. The van der Waals surface area contributed by atoms with Gasteiger partial charge in [-0.1, -0.05) is 6.92 Å².